The van der Waals surface area contributed by atoms with E-state index in [0.717, 1.165) is 18.1 Å². The fraction of sp³-hybridized carbons (Fsp3) is 0.412. The van der Waals surface area contributed by atoms with Crippen molar-refractivity contribution in [2.24, 2.45) is 5.92 Å². The fourth-order valence-corrected chi connectivity index (χ4v) is 2.55. The number of halogens is 1. The van der Waals surface area contributed by atoms with Crippen LogP contribution in [-0.4, -0.2) is 4.57 Å². The third-order valence-electron chi connectivity index (χ3n) is 3.60. The molecular weight excluding hydrogens is 268 g/mol. The average molecular weight is 291 g/mol. The van der Waals surface area contributed by atoms with Gasteiger partial charge in [0.05, 0.1) is 0 Å². The predicted molar refractivity (Wildman–Crippen MR) is 86.0 cm³/mol. The Balaban J connectivity index is 2.04. The molecule has 3 heteroatoms. The fourth-order valence-electron chi connectivity index (χ4n) is 2.43. The third-order valence-corrected chi connectivity index (χ3v) is 3.85. The maximum atomic E-state index is 5.96. The molecule has 108 valence electrons. The molecule has 0 saturated carbocycles. The Labute approximate surface area is 126 Å². The van der Waals surface area contributed by atoms with Crippen LogP contribution in [-0.2, 0) is 13.1 Å². The molecular formula is C17H23ClN2. The molecule has 0 saturated heterocycles. The van der Waals surface area contributed by atoms with Gasteiger partial charge in [-0.1, -0.05) is 37.6 Å². The number of nitrogens with one attached hydrogen (secondary N) is 1. The molecule has 0 aliphatic heterocycles. The topological polar surface area (TPSA) is 17.0 Å². The van der Waals surface area contributed by atoms with Gasteiger partial charge < -0.3 is 9.88 Å². The number of aryl methyl sites for hydroxylation is 1. The zero-order valence-electron chi connectivity index (χ0n) is 12.4. The Bertz CT molecular complexity index is 528. The van der Waals surface area contributed by atoms with Crippen molar-refractivity contribution in [1.29, 1.82) is 0 Å². The van der Waals surface area contributed by atoms with E-state index < -0.39 is 0 Å². The number of aromatic nitrogens is 1. The molecule has 20 heavy (non-hydrogen) atoms. The Morgan fingerprint density at radius 3 is 2.40 bits per heavy atom. The first-order valence-corrected chi connectivity index (χ1v) is 7.61. The molecule has 2 aromatic rings. The van der Waals surface area contributed by atoms with Crippen LogP contribution in [0.25, 0.3) is 0 Å². The van der Waals surface area contributed by atoms with Gasteiger partial charge in [-0.15, -0.1) is 0 Å². The molecule has 1 aromatic carbocycles. The summed E-state index contributed by atoms with van der Waals surface area (Å²) in [6, 6.07) is 10.7. The lowest BCUT2D eigenvalue weighted by Crippen LogP contribution is -2.25. The van der Waals surface area contributed by atoms with E-state index in [0.29, 0.717) is 12.0 Å². The second-order valence-electron chi connectivity index (χ2n) is 5.50. The van der Waals surface area contributed by atoms with Gasteiger partial charge in [-0.3, -0.25) is 0 Å². The van der Waals surface area contributed by atoms with Gasteiger partial charge in [-0.25, -0.2) is 0 Å². The van der Waals surface area contributed by atoms with Gasteiger partial charge in [0, 0.05) is 36.5 Å². The predicted octanol–water partition coefficient (Wildman–Crippen LogP) is 4.65. The molecule has 0 aliphatic carbocycles. The monoisotopic (exact) mass is 290 g/mol. The largest absolute Gasteiger partial charge is 0.354 e. The summed E-state index contributed by atoms with van der Waals surface area (Å²) >= 11 is 5.96. The van der Waals surface area contributed by atoms with Gasteiger partial charge in [0.1, 0.15) is 0 Å². The molecule has 0 fully saturated rings. The lowest BCUT2D eigenvalue weighted by Gasteiger charge is -2.23. The minimum atomic E-state index is 0.345. The van der Waals surface area contributed by atoms with E-state index >= 15 is 0 Å². The van der Waals surface area contributed by atoms with Gasteiger partial charge >= 0.3 is 0 Å². The van der Waals surface area contributed by atoms with Crippen LogP contribution < -0.4 is 5.32 Å². The highest BCUT2D eigenvalue weighted by atomic mass is 35.5. The van der Waals surface area contributed by atoms with Crippen LogP contribution in [0.2, 0.25) is 5.02 Å². The highest BCUT2D eigenvalue weighted by Gasteiger charge is 2.15. The zero-order chi connectivity index (χ0) is 14.5. The van der Waals surface area contributed by atoms with Crippen molar-refractivity contribution in [3.05, 3.63) is 58.9 Å². The van der Waals surface area contributed by atoms with Crippen molar-refractivity contribution in [2.45, 2.75) is 39.9 Å². The Morgan fingerprint density at radius 1 is 1.15 bits per heavy atom. The Morgan fingerprint density at radius 2 is 1.85 bits per heavy atom. The number of rotatable bonds is 6. The molecule has 1 atom stereocenters. The van der Waals surface area contributed by atoms with Gasteiger partial charge in [-0.2, -0.15) is 0 Å². The quantitative estimate of drug-likeness (QED) is 0.819. The van der Waals surface area contributed by atoms with Crippen LogP contribution in [0.15, 0.2) is 42.7 Å². The van der Waals surface area contributed by atoms with Crippen molar-refractivity contribution in [2.75, 3.05) is 0 Å². The second-order valence-corrected chi connectivity index (χ2v) is 5.94. The maximum absolute atomic E-state index is 5.96. The maximum Gasteiger partial charge on any atom is 0.0406 e. The zero-order valence-corrected chi connectivity index (χ0v) is 13.2. The number of hydrogen-bond acceptors (Lipinski definition) is 1. The van der Waals surface area contributed by atoms with Gasteiger partial charge in [-0.05, 0) is 42.2 Å². The lowest BCUT2D eigenvalue weighted by molar-refractivity contribution is 0.410. The molecule has 2 rings (SSSR count). The van der Waals surface area contributed by atoms with E-state index in [4.69, 9.17) is 11.6 Å². The van der Waals surface area contributed by atoms with Gasteiger partial charge in [0.25, 0.3) is 0 Å². The second kappa shape index (κ2) is 6.96. The van der Waals surface area contributed by atoms with Crippen LogP contribution in [0.1, 0.15) is 37.9 Å². The SMILES string of the molecule is CCn1ccc(CNC(c2ccc(Cl)cc2)C(C)C)c1. The van der Waals surface area contributed by atoms with E-state index in [1.807, 2.05) is 12.1 Å². The molecule has 0 radical (unpaired) electrons. The van der Waals surface area contributed by atoms with E-state index in [9.17, 15) is 0 Å². The molecule has 1 heterocycles. The summed E-state index contributed by atoms with van der Waals surface area (Å²) < 4.78 is 2.20. The van der Waals surface area contributed by atoms with Crippen molar-refractivity contribution < 1.29 is 0 Å². The van der Waals surface area contributed by atoms with Crippen LogP contribution in [0.3, 0.4) is 0 Å². The summed E-state index contributed by atoms with van der Waals surface area (Å²) in [5.74, 6) is 0.532. The Kier molecular flexibility index (Phi) is 5.27. The highest BCUT2D eigenvalue weighted by molar-refractivity contribution is 6.30. The smallest absolute Gasteiger partial charge is 0.0406 e. The minimum Gasteiger partial charge on any atom is -0.354 e. The first kappa shape index (κ1) is 15.1. The van der Waals surface area contributed by atoms with Crippen molar-refractivity contribution in [3.63, 3.8) is 0 Å². The first-order chi connectivity index (χ1) is 9.60. The van der Waals surface area contributed by atoms with Gasteiger partial charge in [0.15, 0.2) is 0 Å². The summed E-state index contributed by atoms with van der Waals surface area (Å²) in [4.78, 5) is 0. The van der Waals surface area contributed by atoms with E-state index in [1.54, 1.807) is 0 Å². The minimum absolute atomic E-state index is 0.345. The number of hydrogen-bond donors (Lipinski definition) is 1. The number of benzene rings is 1. The van der Waals surface area contributed by atoms with Crippen LogP contribution in [0, 0.1) is 5.92 Å². The summed E-state index contributed by atoms with van der Waals surface area (Å²) in [6.07, 6.45) is 4.33. The molecule has 0 aliphatic rings. The average Bonchev–Trinajstić information content (AvgIpc) is 2.88. The summed E-state index contributed by atoms with van der Waals surface area (Å²) in [6.45, 7) is 8.54. The highest BCUT2D eigenvalue weighted by Crippen LogP contribution is 2.23. The van der Waals surface area contributed by atoms with E-state index in [2.05, 4.69) is 61.2 Å². The van der Waals surface area contributed by atoms with Crippen LogP contribution in [0.4, 0.5) is 0 Å². The van der Waals surface area contributed by atoms with E-state index in [-0.39, 0.29) is 0 Å². The summed E-state index contributed by atoms with van der Waals surface area (Å²) in [5.41, 5.74) is 2.62. The molecule has 1 N–H and O–H groups in total. The first-order valence-electron chi connectivity index (χ1n) is 7.23. The lowest BCUT2D eigenvalue weighted by atomic mass is 9.96. The molecule has 1 aromatic heterocycles. The molecule has 0 spiro atoms. The third kappa shape index (κ3) is 3.87. The Hall–Kier alpha value is -1.25. The molecule has 0 amide bonds. The molecule has 1 unspecified atom stereocenters. The number of nitrogens with zero attached hydrogens (tertiary/aromatic N) is 1. The van der Waals surface area contributed by atoms with Crippen LogP contribution >= 0.6 is 11.6 Å². The van der Waals surface area contributed by atoms with Crippen LogP contribution in [0.5, 0.6) is 0 Å². The van der Waals surface area contributed by atoms with Gasteiger partial charge in [0.2, 0.25) is 0 Å². The van der Waals surface area contributed by atoms with Crippen molar-refractivity contribution >= 4 is 11.6 Å². The summed E-state index contributed by atoms with van der Waals surface area (Å²) in [5, 5.41) is 4.44. The summed E-state index contributed by atoms with van der Waals surface area (Å²) in [7, 11) is 0. The normalized spacial score (nSPS) is 12.8. The van der Waals surface area contributed by atoms with Crippen molar-refractivity contribution in [3.8, 4) is 0 Å². The molecule has 2 nitrogen and oxygen atoms in total. The van der Waals surface area contributed by atoms with E-state index in [1.165, 1.54) is 11.1 Å². The molecule has 0 bridgehead atoms. The standard InChI is InChI=1S/C17H23ClN2/c1-4-20-10-9-14(12-20)11-19-17(13(2)3)15-5-7-16(18)8-6-15/h5-10,12-13,17,19H,4,11H2,1-3H3. The van der Waals surface area contributed by atoms with Crippen molar-refractivity contribution in [1.82, 2.24) is 9.88 Å².